The molecular formula is C56H93N9O17SSi. The largest absolute Gasteiger partial charge is 0.481 e. The smallest absolute Gasteiger partial charge is 0.312 e. The summed E-state index contributed by atoms with van der Waals surface area (Å²) in [4.78, 5) is 141. The number of carboxylic acids is 1. The van der Waals surface area contributed by atoms with Crippen molar-refractivity contribution >= 4 is 92.8 Å². The molecule has 0 radical (unpaired) electrons. The SMILES string of the molecule is CC(C)C(=O)CCOCCOCCOCCOCCNC(=O)[C@H](CCC(=O)O)NC(=O)[C@@H](N)CSC1CC(=O)N(CCCCCC(=O)NC([SiH3])[C@H](C(=O)N[C@@H](CCCNC(N)=O)C(=O)Nc2ccc(COC(=O)C(C)(C)C)cc2)C(C)C)C1=O. The van der Waals surface area contributed by atoms with Crippen molar-refractivity contribution < 1.29 is 81.5 Å². The second-order valence-electron chi connectivity index (χ2n) is 22.1. The Bertz CT molecular complexity index is 2290. The van der Waals surface area contributed by atoms with Crippen molar-refractivity contribution in [1.82, 2.24) is 31.5 Å². The number of carbonyl (C=O) groups is 11. The van der Waals surface area contributed by atoms with Crippen molar-refractivity contribution in [3.8, 4) is 0 Å². The third-order valence-corrected chi connectivity index (χ3v) is 15.5. The highest BCUT2D eigenvalue weighted by Crippen LogP contribution is 2.26. The van der Waals surface area contributed by atoms with Gasteiger partial charge in [-0.3, -0.25) is 52.8 Å². The number of amides is 9. The van der Waals surface area contributed by atoms with Gasteiger partial charge >= 0.3 is 18.0 Å². The van der Waals surface area contributed by atoms with E-state index in [0.29, 0.717) is 86.6 Å². The molecule has 11 N–H and O–H groups in total. The number of nitrogens with zero attached hydrogens (tertiary/aromatic N) is 1. The van der Waals surface area contributed by atoms with E-state index in [0.717, 1.165) is 16.7 Å². The molecule has 1 aromatic carbocycles. The van der Waals surface area contributed by atoms with Crippen molar-refractivity contribution in [2.45, 2.75) is 148 Å². The number of carbonyl (C=O) groups excluding carboxylic acids is 10. The second kappa shape index (κ2) is 40.3. The summed E-state index contributed by atoms with van der Waals surface area (Å²) < 4.78 is 27.1. The van der Waals surface area contributed by atoms with Gasteiger partial charge in [-0.05, 0) is 76.5 Å². The number of urea groups is 1. The lowest BCUT2D eigenvalue weighted by Crippen LogP contribution is -2.53. The number of benzene rings is 1. The molecule has 1 heterocycles. The minimum absolute atomic E-state index is 0.0159. The molecule has 0 saturated carbocycles. The van der Waals surface area contributed by atoms with E-state index >= 15 is 0 Å². The minimum atomic E-state index is -1.22. The van der Waals surface area contributed by atoms with Crippen molar-refractivity contribution in [1.29, 1.82) is 0 Å². The van der Waals surface area contributed by atoms with Crippen LogP contribution in [0.5, 0.6) is 0 Å². The molecule has 1 aliphatic rings. The molecule has 0 spiro atoms. The van der Waals surface area contributed by atoms with Crippen LogP contribution in [-0.4, -0.2) is 193 Å². The molecule has 474 valence electrons. The third kappa shape index (κ3) is 30.7. The highest BCUT2D eigenvalue weighted by molar-refractivity contribution is 8.00. The quantitative estimate of drug-likeness (QED) is 0.0187. The van der Waals surface area contributed by atoms with E-state index in [2.05, 4.69) is 31.9 Å². The van der Waals surface area contributed by atoms with Crippen molar-refractivity contribution in [2.75, 3.05) is 83.6 Å². The van der Waals surface area contributed by atoms with Crippen LogP contribution in [0.25, 0.3) is 0 Å². The monoisotopic (exact) mass is 1220 g/mol. The molecule has 1 saturated heterocycles. The number of ketones is 1. The molecule has 2 rings (SSSR count). The van der Waals surface area contributed by atoms with Gasteiger partial charge in [0.05, 0.1) is 75.5 Å². The number of primary amides is 1. The number of esters is 1. The van der Waals surface area contributed by atoms with E-state index in [1.807, 2.05) is 27.7 Å². The Kier molecular flexibility index (Phi) is 35.5. The van der Waals surface area contributed by atoms with Gasteiger partial charge in [-0.1, -0.05) is 46.2 Å². The van der Waals surface area contributed by atoms with E-state index in [1.165, 1.54) is 0 Å². The van der Waals surface area contributed by atoms with Crippen LogP contribution in [0, 0.1) is 23.2 Å². The number of likely N-dealkylation sites (tertiary alicyclic amines) is 1. The summed E-state index contributed by atoms with van der Waals surface area (Å²) in [5.74, 6) is -5.82. The normalized spacial score (nSPS) is 15.2. The van der Waals surface area contributed by atoms with Gasteiger partial charge in [0.15, 0.2) is 0 Å². The molecule has 26 nitrogen and oxygen atoms in total. The zero-order chi connectivity index (χ0) is 62.8. The summed E-state index contributed by atoms with van der Waals surface area (Å²) in [6.07, 6.45) is 1.57. The fraction of sp³-hybridized carbons (Fsp3) is 0.696. The first-order valence-electron chi connectivity index (χ1n) is 28.8. The number of rotatable bonds is 44. The lowest BCUT2D eigenvalue weighted by Gasteiger charge is -2.29. The van der Waals surface area contributed by atoms with Gasteiger partial charge in [0.25, 0.3) is 0 Å². The van der Waals surface area contributed by atoms with Crippen LogP contribution in [0.3, 0.4) is 0 Å². The number of nitrogens with two attached hydrogens (primary N) is 2. The fourth-order valence-corrected chi connectivity index (χ4v) is 10.8. The van der Waals surface area contributed by atoms with Gasteiger partial charge in [-0.2, -0.15) is 0 Å². The molecule has 1 fully saturated rings. The van der Waals surface area contributed by atoms with E-state index < -0.39 is 94.2 Å². The predicted molar refractivity (Wildman–Crippen MR) is 317 cm³/mol. The van der Waals surface area contributed by atoms with Crippen LogP contribution in [0.2, 0.25) is 0 Å². The van der Waals surface area contributed by atoms with E-state index in [-0.39, 0.29) is 107 Å². The molecule has 0 bridgehead atoms. The summed E-state index contributed by atoms with van der Waals surface area (Å²) >= 11 is 1.03. The average molecular weight is 1220 g/mol. The maximum Gasteiger partial charge on any atom is 0.312 e. The topological polar surface area (TPSA) is 382 Å². The number of thioether (sulfide) groups is 1. The highest BCUT2D eigenvalue weighted by atomic mass is 32.2. The summed E-state index contributed by atoms with van der Waals surface area (Å²) in [6, 6.07) is 2.55. The Morgan fingerprint density at radius 2 is 1.31 bits per heavy atom. The van der Waals surface area contributed by atoms with Crippen LogP contribution in [0.1, 0.15) is 118 Å². The molecule has 0 aliphatic carbocycles. The van der Waals surface area contributed by atoms with Gasteiger partial charge in [0.1, 0.15) is 24.5 Å². The van der Waals surface area contributed by atoms with Crippen molar-refractivity contribution in [2.24, 2.45) is 34.6 Å². The Balaban J connectivity index is 1.78. The molecule has 1 aliphatic heterocycles. The molecule has 9 amide bonds. The number of carboxylic acid groups (broad SMARTS) is 1. The first-order valence-corrected chi connectivity index (χ1v) is 31.0. The van der Waals surface area contributed by atoms with Crippen LogP contribution in [0.4, 0.5) is 10.5 Å². The summed E-state index contributed by atoms with van der Waals surface area (Å²) in [6.45, 7) is 15.4. The molecule has 6 atom stereocenters. The zero-order valence-electron chi connectivity index (χ0n) is 50.2. The number of aliphatic carboxylic acids is 1. The predicted octanol–water partition coefficient (Wildman–Crippen LogP) is 0.623. The van der Waals surface area contributed by atoms with Gasteiger partial charge in [-0.25, -0.2) is 4.79 Å². The molecule has 84 heavy (non-hydrogen) atoms. The van der Waals surface area contributed by atoms with E-state index in [1.54, 1.807) is 45.0 Å². The number of nitrogens with one attached hydrogen (secondary N) is 6. The molecule has 2 unspecified atom stereocenters. The molecule has 28 heteroatoms. The van der Waals surface area contributed by atoms with Crippen molar-refractivity contribution in [3.63, 3.8) is 0 Å². The fourth-order valence-electron chi connectivity index (χ4n) is 8.31. The van der Waals surface area contributed by atoms with Gasteiger partial charge in [0.2, 0.25) is 41.4 Å². The number of unbranched alkanes of at least 4 members (excludes halogenated alkanes) is 2. The zero-order valence-corrected chi connectivity index (χ0v) is 53.0. The Hall–Kier alpha value is -6.04. The summed E-state index contributed by atoms with van der Waals surface area (Å²) in [7, 11) is 0.392. The number of anilines is 1. The van der Waals surface area contributed by atoms with E-state index in [4.69, 9.17) is 35.2 Å². The molecule has 1 aromatic rings. The van der Waals surface area contributed by atoms with Gasteiger partial charge in [-0.15, -0.1) is 11.8 Å². The number of hydrogen-bond donors (Lipinski definition) is 9. The Morgan fingerprint density at radius 1 is 0.714 bits per heavy atom. The van der Waals surface area contributed by atoms with Crippen LogP contribution >= 0.6 is 11.8 Å². The van der Waals surface area contributed by atoms with Crippen LogP contribution < -0.4 is 43.4 Å². The second-order valence-corrected chi connectivity index (χ2v) is 24.5. The lowest BCUT2D eigenvalue weighted by atomic mass is 9.93. The van der Waals surface area contributed by atoms with Crippen LogP contribution in [-0.2, 0) is 78.2 Å². The third-order valence-electron chi connectivity index (χ3n) is 13.1. The number of ether oxygens (including phenoxy) is 5. The average Bonchev–Trinajstić information content (AvgIpc) is 3.93. The maximum absolute atomic E-state index is 13.9. The standard InChI is InChI=1S/C56H93N9O17SSi/c1-35(2)42(66)20-24-78-26-28-80-30-31-81-29-27-79-25-22-59-49(72)41(18-19-46(69)70)62-48(71)39(57)34-83-43-32-45(68)65(53(43)75)23-10-8-9-13-44(67)64-52(84)47(36(3)4)51(74)63-40(12-11-21-60-55(58)77)50(73)61-38-16-14-37(15-17-38)33-82-54(76)56(5,6)7/h14-17,35-36,39-41,43,47,52H,8-13,18-34,57H2,1-7,84H3,(H,59,72)(H,61,73)(H,62,71)(H,63,74)(H,64,67)(H,69,70)(H3,58,60,77)/t39-,40-,41-,43?,47-,52?/m0/s1. The van der Waals surface area contributed by atoms with Crippen molar-refractivity contribution in [3.05, 3.63) is 29.8 Å². The Morgan fingerprint density at radius 3 is 1.89 bits per heavy atom. The van der Waals surface area contributed by atoms with Gasteiger partial charge < -0.3 is 72.2 Å². The number of hydrogen-bond acceptors (Lipinski definition) is 18. The summed E-state index contributed by atoms with van der Waals surface area (Å²) in [5, 5.41) is 24.7. The minimum Gasteiger partial charge on any atom is -0.481 e. The first-order chi connectivity index (χ1) is 39.7. The Labute approximate surface area is 500 Å². The molecular weight excluding hydrogens is 1130 g/mol. The first kappa shape index (κ1) is 74.1. The molecule has 0 aromatic heterocycles. The highest BCUT2D eigenvalue weighted by Gasteiger charge is 2.39. The van der Waals surface area contributed by atoms with Crippen LogP contribution in [0.15, 0.2) is 24.3 Å². The lowest BCUT2D eigenvalue weighted by molar-refractivity contribution is -0.154. The maximum atomic E-state index is 13.9. The summed E-state index contributed by atoms with van der Waals surface area (Å²) in [5.41, 5.74) is 11.3. The number of imide groups is 1. The van der Waals surface area contributed by atoms with Gasteiger partial charge in [0, 0.05) is 78.6 Å². The van der Waals surface area contributed by atoms with E-state index in [9.17, 15) is 57.8 Å². The number of Topliss-reactive ketones (excluding diaryl/α,β-unsaturated/α-hetero) is 1.